The van der Waals surface area contributed by atoms with E-state index >= 15 is 0 Å². The maximum Gasteiger partial charge on any atom is 0.243 e. The molecule has 0 saturated heterocycles. The molecule has 0 aliphatic rings. The average Bonchev–Trinajstić information content (AvgIpc) is 2.94. The molecule has 0 amide bonds. The Morgan fingerprint density at radius 2 is 2.22 bits per heavy atom. The molecule has 3 N–H and O–H groups in total. The summed E-state index contributed by atoms with van der Waals surface area (Å²) in [6.45, 7) is 0.331. The molecule has 0 saturated carbocycles. The van der Waals surface area contributed by atoms with Gasteiger partial charge in [-0.1, -0.05) is 0 Å². The smallest absolute Gasteiger partial charge is 0.243 e. The van der Waals surface area contributed by atoms with Gasteiger partial charge in [0.2, 0.25) is 5.89 Å². The van der Waals surface area contributed by atoms with Gasteiger partial charge in [0, 0.05) is 18.0 Å². The summed E-state index contributed by atoms with van der Waals surface area (Å²) in [6, 6.07) is 7.17. The molecule has 0 unspecified atom stereocenters. The first-order valence-corrected chi connectivity index (χ1v) is 5.62. The molecule has 0 aliphatic carbocycles. The third-order valence-corrected chi connectivity index (χ3v) is 3.00. The summed E-state index contributed by atoms with van der Waals surface area (Å²) >= 11 is 0. The van der Waals surface area contributed by atoms with Crippen molar-refractivity contribution < 1.29 is 9.52 Å². The van der Waals surface area contributed by atoms with Gasteiger partial charge in [-0.3, -0.25) is 0 Å². The van der Waals surface area contributed by atoms with E-state index in [0.717, 1.165) is 16.6 Å². The quantitative estimate of drug-likeness (QED) is 0.721. The number of aromatic nitrogens is 2. The van der Waals surface area contributed by atoms with E-state index in [-0.39, 0.29) is 5.75 Å². The van der Waals surface area contributed by atoms with Crippen LogP contribution in [0.25, 0.3) is 22.5 Å². The molecular formula is C13H13N3O2. The van der Waals surface area contributed by atoms with Crippen LogP contribution in [-0.2, 0) is 13.6 Å². The Kier molecular flexibility index (Phi) is 2.34. The summed E-state index contributed by atoms with van der Waals surface area (Å²) in [5.41, 5.74) is 7.37. The van der Waals surface area contributed by atoms with E-state index in [9.17, 15) is 5.11 Å². The van der Waals surface area contributed by atoms with Gasteiger partial charge in [-0.25, -0.2) is 4.98 Å². The number of phenols is 1. The van der Waals surface area contributed by atoms with Crippen LogP contribution in [0, 0.1) is 0 Å². The number of aromatic hydroxyl groups is 1. The zero-order chi connectivity index (χ0) is 12.7. The number of benzene rings is 1. The van der Waals surface area contributed by atoms with E-state index in [1.54, 1.807) is 18.3 Å². The van der Waals surface area contributed by atoms with E-state index in [1.807, 2.05) is 23.7 Å². The molecule has 0 radical (unpaired) electrons. The van der Waals surface area contributed by atoms with E-state index in [0.29, 0.717) is 18.2 Å². The Morgan fingerprint density at radius 3 is 2.94 bits per heavy atom. The molecule has 18 heavy (non-hydrogen) atoms. The van der Waals surface area contributed by atoms with Gasteiger partial charge in [-0.05, 0) is 24.3 Å². The van der Waals surface area contributed by atoms with Crippen molar-refractivity contribution in [1.29, 1.82) is 0 Å². The van der Waals surface area contributed by atoms with Crippen LogP contribution in [0.5, 0.6) is 5.75 Å². The van der Waals surface area contributed by atoms with Gasteiger partial charge in [0.15, 0.2) is 0 Å². The number of oxazole rings is 1. The molecule has 3 aromatic rings. The van der Waals surface area contributed by atoms with Crippen molar-refractivity contribution >= 4 is 10.9 Å². The van der Waals surface area contributed by atoms with E-state index in [1.165, 1.54) is 0 Å². The van der Waals surface area contributed by atoms with Crippen LogP contribution in [0.2, 0.25) is 0 Å². The summed E-state index contributed by atoms with van der Waals surface area (Å²) in [5, 5.41) is 10.4. The number of nitrogens with zero attached hydrogens (tertiary/aromatic N) is 2. The molecule has 2 heterocycles. The maximum atomic E-state index is 9.48. The van der Waals surface area contributed by atoms with Gasteiger partial charge in [0.05, 0.1) is 12.7 Å². The molecule has 0 atom stereocenters. The number of fused-ring (bicyclic) bond motifs is 1. The second-order valence-corrected chi connectivity index (χ2v) is 4.17. The normalized spacial score (nSPS) is 11.2. The molecule has 0 fully saturated rings. The number of aryl methyl sites for hydroxylation is 1. The Hall–Kier alpha value is -2.27. The predicted molar refractivity (Wildman–Crippen MR) is 68.0 cm³/mol. The second kappa shape index (κ2) is 3.89. The molecule has 1 aromatic carbocycles. The molecule has 5 heteroatoms. The first-order valence-electron chi connectivity index (χ1n) is 5.62. The Balaban J connectivity index is 2.20. The van der Waals surface area contributed by atoms with Gasteiger partial charge < -0.3 is 19.8 Å². The summed E-state index contributed by atoms with van der Waals surface area (Å²) in [7, 11) is 1.93. The van der Waals surface area contributed by atoms with Crippen molar-refractivity contribution in [2.24, 2.45) is 12.8 Å². The largest absolute Gasteiger partial charge is 0.508 e. The number of hydrogen-bond acceptors (Lipinski definition) is 4. The Morgan fingerprint density at radius 1 is 1.39 bits per heavy atom. The van der Waals surface area contributed by atoms with Crippen LogP contribution in [-0.4, -0.2) is 14.7 Å². The zero-order valence-corrected chi connectivity index (χ0v) is 9.92. The van der Waals surface area contributed by atoms with E-state index in [2.05, 4.69) is 4.98 Å². The summed E-state index contributed by atoms with van der Waals surface area (Å²) in [4.78, 5) is 4.21. The lowest BCUT2D eigenvalue weighted by Crippen LogP contribution is -1.93. The fourth-order valence-corrected chi connectivity index (χ4v) is 2.06. The lowest BCUT2D eigenvalue weighted by Gasteiger charge is -2.00. The molecule has 92 valence electrons. The average molecular weight is 243 g/mol. The van der Waals surface area contributed by atoms with Gasteiger partial charge in [-0.2, -0.15) is 0 Å². The van der Waals surface area contributed by atoms with Crippen LogP contribution >= 0.6 is 0 Å². The first-order chi connectivity index (χ1) is 8.69. The van der Waals surface area contributed by atoms with Gasteiger partial charge in [0.25, 0.3) is 0 Å². The fourth-order valence-electron chi connectivity index (χ4n) is 2.06. The first kappa shape index (κ1) is 10.9. The fraction of sp³-hybridized carbons (Fsp3) is 0.154. The van der Waals surface area contributed by atoms with Gasteiger partial charge in [0.1, 0.15) is 17.2 Å². The molecule has 0 aliphatic heterocycles. The standard InChI is InChI=1S/C13H13N3O2/c1-16-11-3-2-9(17)4-8(11)5-12(16)13-15-7-10(6-14)18-13/h2-5,7,17H,6,14H2,1H3. The maximum absolute atomic E-state index is 9.48. The van der Waals surface area contributed by atoms with E-state index < -0.39 is 0 Å². The van der Waals surface area contributed by atoms with Crippen molar-refractivity contribution in [3.8, 4) is 17.3 Å². The van der Waals surface area contributed by atoms with Crippen LogP contribution < -0.4 is 5.73 Å². The molecule has 0 spiro atoms. The van der Waals surface area contributed by atoms with Crippen LogP contribution in [0.4, 0.5) is 0 Å². The molecule has 2 aromatic heterocycles. The van der Waals surface area contributed by atoms with Crippen molar-refractivity contribution in [3.05, 3.63) is 36.2 Å². The molecule has 3 rings (SSSR count). The van der Waals surface area contributed by atoms with Crippen LogP contribution in [0.1, 0.15) is 5.76 Å². The van der Waals surface area contributed by atoms with E-state index in [4.69, 9.17) is 10.2 Å². The zero-order valence-electron chi connectivity index (χ0n) is 9.92. The van der Waals surface area contributed by atoms with Crippen LogP contribution in [0.3, 0.4) is 0 Å². The number of phenolic OH excluding ortho intramolecular Hbond substituents is 1. The third kappa shape index (κ3) is 1.56. The van der Waals surface area contributed by atoms with Gasteiger partial charge >= 0.3 is 0 Å². The van der Waals surface area contributed by atoms with Gasteiger partial charge in [-0.15, -0.1) is 0 Å². The molecular weight excluding hydrogens is 230 g/mol. The minimum absolute atomic E-state index is 0.245. The Labute approximate surface area is 103 Å². The van der Waals surface area contributed by atoms with Crippen LogP contribution in [0.15, 0.2) is 34.9 Å². The molecule has 0 bridgehead atoms. The Bertz CT molecular complexity index is 712. The highest BCUT2D eigenvalue weighted by Crippen LogP contribution is 2.28. The minimum Gasteiger partial charge on any atom is -0.508 e. The highest BCUT2D eigenvalue weighted by molar-refractivity contribution is 5.86. The molecule has 5 nitrogen and oxygen atoms in total. The lowest BCUT2D eigenvalue weighted by atomic mass is 10.2. The van der Waals surface area contributed by atoms with Crippen molar-refractivity contribution in [3.63, 3.8) is 0 Å². The second-order valence-electron chi connectivity index (χ2n) is 4.17. The topological polar surface area (TPSA) is 77.2 Å². The number of rotatable bonds is 2. The number of hydrogen-bond donors (Lipinski definition) is 2. The lowest BCUT2D eigenvalue weighted by molar-refractivity contribution is 0.476. The monoisotopic (exact) mass is 243 g/mol. The third-order valence-electron chi connectivity index (χ3n) is 3.00. The van der Waals surface area contributed by atoms with Crippen molar-refractivity contribution in [2.45, 2.75) is 6.54 Å². The number of nitrogens with two attached hydrogens (primary N) is 1. The summed E-state index contributed by atoms with van der Waals surface area (Å²) < 4.78 is 7.51. The van der Waals surface area contributed by atoms with Crippen molar-refractivity contribution in [2.75, 3.05) is 0 Å². The highest BCUT2D eigenvalue weighted by atomic mass is 16.4. The summed E-state index contributed by atoms with van der Waals surface area (Å²) in [5.74, 6) is 1.43. The predicted octanol–water partition coefficient (Wildman–Crippen LogP) is 2.00. The summed E-state index contributed by atoms with van der Waals surface area (Å²) in [6.07, 6.45) is 1.63. The minimum atomic E-state index is 0.245. The SMILES string of the molecule is Cn1c(-c2ncc(CN)o2)cc2cc(O)ccc21. The van der Waals surface area contributed by atoms with Crippen molar-refractivity contribution in [1.82, 2.24) is 9.55 Å². The highest BCUT2D eigenvalue weighted by Gasteiger charge is 2.13.